The number of carbonyl (C=O) groups is 1. The summed E-state index contributed by atoms with van der Waals surface area (Å²) in [6, 6.07) is 14.9. The second-order valence-corrected chi connectivity index (χ2v) is 5.10. The van der Waals surface area contributed by atoms with E-state index in [-0.39, 0.29) is 0 Å². The standard InChI is InChI=1S/C15H14BrNO2/c1-10-7-8-12(16)13(9-10)19-14(15(17)18)11-5-3-2-4-6-11/h2-9,14H,1H3,(H2,17,18). The second-order valence-electron chi connectivity index (χ2n) is 4.24. The van der Waals surface area contributed by atoms with E-state index in [4.69, 9.17) is 10.5 Å². The maximum atomic E-state index is 11.6. The van der Waals surface area contributed by atoms with Crippen molar-refractivity contribution in [3.8, 4) is 5.75 Å². The van der Waals surface area contributed by atoms with Crippen LogP contribution < -0.4 is 10.5 Å². The van der Waals surface area contributed by atoms with Gasteiger partial charge in [-0.3, -0.25) is 4.79 Å². The van der Waals surface area contributed by atoms with Gasteiger partial charge in [-0.05, 0) is 40.5 Å². The Bertz CT molecular complexity index is 584. The van der Waals surface area contributed by atoms with Gasteiger partial charge in [0.1, 0.15) is 5.75 Å². The SMILES string of the molecule is Cc1ccc(Br)c(OC(C(N)=O)c2ccccc2)c1. The molecule has 0 spiro atoms. The van der Waals surface area contributed by atoms with Crippen molar-refractivity contribution in [3.63, 3.8) is 0 Å². The lowest BCUT2D eigenvalue weighted by molar-refractivity contribution is -0.125. The number of primary amides is 1. The van der Waals surface area contributed by atoms with Crippen LogP contribution in [0.2, 0.25) is 0 Å². The molecule has 1 unspecified atom stereocenters. The first-order valence-corrected chi connectivity index (χ1v) is 6.64. The van der Waals surface area contributed by atoms with E-state index in [1.807, 2.05) is 55.5 Å². The summed E-state index contributed by atoms with van der Waals surface area (Å²) in [6.07, 6.45) is -0.792. The molecular weight excluding hydrogens is 306 g/mol. The van der Waals surface area contributed by atoms with Crippen molar-refractivity contribution in [2.75, 3.05) is 0 Å². The molecule has 2 N–H and O–H groups in total. The van der Waals surface area contributed by atoms with E-state index in [1.54, 1.807) is 0 Å². The molecule has 2 rings (SSSR count). The van der Waals surface area contributed by atoms with E-state index in [9.17, 15) is 4.79 Å². The zero-order valence-corrected chi connectivity index (χ0v) is 12.1. The second kappa shape index (κ2) is 5.89. The summed E-state index contributed by atoms with van der Waals surface area (Å²) in [6.45, 7) is 1.96. The number of rotatable bonds is 4. The van der Waals surface area contributed by atoms with Gasteiger partial charge in [-0.25, -0.2) is 0 Å². The molecule has 0 radical (unpaired) electrons. The van der Waals surface area contributed by atoms with Gasteiger partial charge >= 0.3 is 0 Å². The fraction of sp³-hybridized carbons (Fsp3) is 0.133. The van der Waals surface area contributed by atoms with Crippen LogP contribution >= 0.6 is 15.9 Å². The zero-order chi connectivity index (χ0) is 13.8. The average Bonchev–Trinajstić information content (AvgIpc) is 2.40. The van der Waals surface area contributed by atoms with Crippen molar-refractivity contribution >= 4 is 21.8 Å². The lowest BCUT2D eigenvalue weighted by Gasteiger charge is -2.17. The molecule has 0 saturated carbocycles. The Labute approximate surface area is 120 Å². The zero-order valence-electron chi connectivity index (χ0n) is 10.5. The average molecular weight is 320 g/mol. The van der Waals surface area contributed by atoms with Gasteiger partial charge in [0.05, 0.1) is 4.47 Å². The lowest BCUT2D eigenvalue weighted by Crippen LogP contribution is -2.26. The largest absolute Gasteiger partial charge is 0.475 e. The summed E-state index contributed by atoms with van der Waals surface area (Å²) >= 11 is 3.40. The van der Waals surface area contributed by atoms with Crippen molar-refractivity contribution in [1.29, 1.82) is 0 Å². The lowest BCUT2D eigenvalue weighted by atomic mass is 10.1. The Kier molecular flexibility index (Phi) is 4.22. The highest BCUT2D eigenvalue weighted by Crippen LogP contribution is 2.30. The number of nitrogens with two attached hydrogens (primary N) is 1. The van der Waals surface area contributed by atoms with E-state index in [1.165, 1.54) is 0 Å². The summed E-state index contributed by atoms with van der Waals surface area (Å²) < 4.78 is 6.54. The summed E-state index contributed by atoms with van der Waals surface area (Å²) in [5.41, 5.74) is 7.22. The van der Waals surface area contributed by atoms with Crippen LogP contribution in [-0.4, -0.2) is 5.91 Å². The quantitative estimate of drug-likeness (QED) is 0.939. The van der Waals surface area contributed by atoms with E-state index >= 15 is 0 Å². The summed E-state index contributed by atoms with van der Waals surface area (Å²) in [5, 5.41) is 0. The topological polar surface area (TPSA) is 52.3 Å². The van der Waals surface area contributed by atoms with Gasteiger partial charge in [-0.2, -0.15) is 0 Å². The monoisotopic (exact) mass is 319 g/mol. The smallest absolute Gasteiger partial charge is 0.263 e. The first kappa shape index (κ1) is 13.6. The highest BCUT2D eigenvalue weighted by atomic mass is 79.9. The number of halogens is 1. The Morgan fingerprint density at radius 3 is 2.53 bits per heavy atom. The predicted octanol–water partition coefficient (Wildman–Crippen LogP) is 3.36. The summed E-state index contributed by atoms with van der Waals surface area (Å²) in [4.78, 5) is 11.6. The molecular formula is C15H14BrNO2. The molecule has 98 valence electrons. The number of hydrogen-bond acceptors (Lipinski definition) is 2. The molecule has 0 aliphatic carbocycles. The molecule has 0 fully saturated rings. The number of ether oxygens (including phenoxy) is 1. The molecule has 2 aromatic carbocycles. The third-order valence-electron chi connectivity index (χ3n) is 2.69. The number of hydrogen-bond donors (Lipinski definition) is 1. The number of benzene rings is 2. The Balaban J connectivity index is 2.32. The van der Waals surface area contributed by atoms with Gasteiger partial charge < -0.3 is 10.5 Å². The molecule has 0 saturated heterocycles. The first-order chi connectivity index (χ1) is 9.08. The normalized spacial score (nSPS) is 11.9. The van der Waals surface area contributed by atoms with Gasteiger partial charge in [0.15, 0.2) is 0 Å². The van der Waals surface area contributed by atoms with E-state index in [0.29, 0.717) is 5.75 Å². The van der Waals surface area contributed by atoms with Crippen molar-refractivity contribution in [2.45, 2.75) is 13.0 Å². The first-order valence-electron chi connectivity index (χ1n) is 5.85. The van der Waals surface area contributed by atoms with Crippen molar-refractivity contribution in [3.05, 3.63) is 64.1 Å². The molecule has 0 aliphatic heterocycles. The van der Waals surface area contributed by atoms with Gasteiger partial charge in [0.25, 0.3) is 5.91 Å². The van der Waals surface area contributed by atoms with Crippen LogP contribution in [0, 0.1) is 6.92 Å². The van der Waals surface area contributed by atoms with E-state index < -0.39 is 12.0 Å². The summed E-state index contributed by atoms with van der Waals surface area (Å²) in [5.74, 6) is 0.0901. The van der Waals surface area contributed by atoms with Gasteiger partial charge in [-0.15, -0.1) is 0 Å². The van der Waals surface area contributed by atoms with Gasteiger partial charge in [0, 0.05) is 5.56 Å². The molecule has 1 amide bonds. The minimum Gasteiger partial charge on any atom is -0.475 e. The predicted molar refractivity (Wildman–Crippen MR) is 77.9 cm³/mol. The fourth-order valence-electron chi connectivity index (χ4n) is 1.75. The molecule has 0 aromatic heterocycles. The highest BCUT2D eigenvalue weighted by Gasteiger charge is 2.20. The highest BCUT2D eigenvalue weighted by molar-refractivity contribution is 9.10. The Hall–Kier alpha value is -1.81. The fourth-order valence-corrected chi connectivity index (χ4v) is 2.09. The van der Waals surface area contributed by atoms with Gasteiger partial charge in [0.2, 0.25) is 6.10 Å². The molecule has 19 heavy (non-hydrogen) atoms. The molecule has 0 heterocycles. The minimum atomic E-state index is -0.792. The van der Waals surface area contributed by atoms with Crippen LogP contribution in [0.3, 0.4) is 0 Å². The van der Waals surface area contributed by atoms with Crippen LogP contribution in [0.25, 0.3) is 0 Å². The third-order valence-corrected chi connectivity index (χ3v) is 3.35. The molecule has 0 aliphatic rings. The Morgan fingerprint density at radius 2 is 1.89 bits per heavy atom. The van der Waals surface area contributed by atoms with Crippen LogP contribution in [0.5, 0.6) is 5.75 Å². The van der Waals surface area contributed by atoms with Crippen molar-refractivity contribution < 1.29 is 9.53 Å². The molecule has 2 aromatic rings. The van der Waals surface area contributed by atoms with Crippen LogP contribution in [-0.2, 0) is 4.79 Å². The minimum absolute atomic E-state index is 0.514. The van der Waals surface area contributed by atoms with Crippen molar-refractivity contribution in [1.82, 2.24) is 0 Å². The number of aryl methyl sites for hydroxylation is 1. The van der Waals surface area contributed by atoms with Crippen LogP contribution in [0.4, 0.5) is 0 Å². The van der Waals surface area contributed by atoms with Crippen LogP contribution in [0.15, 0.2) is 53.0 Å². The molecule has 4 heteroatoms. The Morgan fingerprint density at radius 1 is 1.21 bits per heavy atom. The van der Waals surface area contributed by atoms with E-state index in [0.717, 1.165) is 15.6 Å². The molecule has 1 atom stereocenters. The number of carbonyl (C=O) groups excluding carboxylic acids is 1. The molecule has 0 bridgehead atoms. The third kappa shape index (κ3) is 3.35. The maximum Gasteiger partial charge on any atom is 0.263 e. The maximum absolute atomic E-state index is 11.6. The van der Waals surface area contributed by atoms with E-state index in [2.05, 4.69) is 15.9 Å². The van der Waals surface area contributed by atoms with Crippen molar-refractivity contribution in [2.24, 2.45) is 5.73 Å². The molecule has 3 nitrogen and oxygen atoms in total. The van der Waals surface area contributed by atoms with Crippen LogP contribution in [0.1, 0.15) is 17.2 Å². The number of amides is 1. The van der Waals surface area contributed by atoms with Gasteiger partial charge in [-0.1, -0.05) is 36.4 Å². The summed E-state index contributed by atoms with van der Waals surface area (Å²) in [7, 11) is 0.